The minimum absolute atomic E-state index is 0. The lowest BCUT2D eigenvalue weighted by molar-refractivity contribution is 0.438. The van der Waals surface area contributed by atoms with Gasteiger partial charge in [-0.3, -0.25) is 0 Å². The third kappa shape index (κ3) is 4.02. The highest BCUT2D eigenvalue weighted by atomic mass is 35.5. The van der Waals surface area contributed by atoms with Crippen molar-refractivity contribution in [3.8, 4) is 0 Å². The Morgan fingerprint density at radius 2 is 2.00 bits per heavy atom. The lowest BCUT2D eigenvalue weighted by Crippen LogP contribution is -2.26. The van der Waals surface area contributed by atoms with E-state index >= 15 is 0 Å². The van der Waals surface area contributed by atoms with Crippen molar-refractivity contribution in [1.29, 1.82) is 0 Å². The van der Waals surface area contributed by atoms with Gasteiger partial charge in [-0.1, -0.05) is 35.9 Å². The summed E-state index contributed by atoms with van der Waals surface area (Å²) in [6, 6.07) is 6.06. The van der Waals surface area contributed by atoms with Crippen molar-refractivity contribution in [3.63, 3.8) is 0 Å². The Morgan fingerprint density at radius 3 is 2.65 bits per heavy atom. The predicted molar refractivity (Wildman–Crippen MR) is 78.1 cm³/mol. The SMILES string of the molecule is Cc1cccc(Cl)c1/C=C/C1CCNCC1.Cl. The van der Waals surface area contributed by atoms with E-state index in [2.05, 4.69) is 30.5 Å². The number of allylic oxidation sites excluding steroid dienone is 1. The molecule has 1 nitrogen and oxygen atoms in total. The molecule has 1 heterocycles. The number of hydrogen-bond acceptors (Lipinski definition) is 1. The summed E-state index contributed by atoms with van der Waals surface area (Å²) in [5.74, 6) is 0.705. The highest BCUT2D eigenvalue weighted by Gasteiger charge is 2.09. The van der Waals surface area contributed by atoms with Crippen molar-refractivity contribution >= 4 is 30.1 Å². The molecule has 2 rings (SSSR count). The maximum atomic E-state index is 6.18. The molecule has 3 heteroatoms. The Bertz CT molecular complexity index is 362. The minimum Gasteiger partial charge on any atom is -0.317 e. The molecular weight excluding hydrogens is 253 g/mol. The number of aryl methyl sites for hydroxylation is 1. The first kappa shape index (κ1) is 14.6. The Morgan fingerprint density at radius 1 is 1.29 bits per heavy atom. The van der Waals surface area contributed by atoms with Gasteiger partial charge in [0, 0.05) is 5.02 Å². The fourth-order valence-corrected chi connectivity index (χ4v) is 2.41. The van der Waals surface area contributed by atoms with E-state index in [0.717, 1.165) is 18.1 Å². The Kier molecular flexibility index (Phi) is 6.04. The Hall–Kier alpha value is -0.500. The molecule has 0 bridgehead atoms. The molecule has 1 saturated heterocycles. The monoisotopic (exact) mass is 271 g/mol. The number of hydrogen-bond donors (Lipinski definition) is 1. The van der Waals surface area contributed by atoms with Gasteiger partial charge in [-0.15, -0.1) is 12.4 Å². The highest BCUT2D eigenvalue weighted by molar-refractivity contribution is 6.32. The van der Waals surface area contributed by atoms with Crippen molar-refractivity contribution in [1.82, 2.24) is 5.32 Å². The predicted octanol–water partition coefficient (Wildman–Crippen LogP) is 4.08. The van der Waals surface area contributed by atoms with Crippen molar-refractivity contribution in [2.24, 2.45) is 5.92 Å². The van der Waals surface area contributed by atoms with Crippen LogP contribution in [0.3, 0.4) is 0 Å². The topological polar surface area (TPSA) is 12.0 Å². The number of piperidine rings is 1. The summed E-state index contributed by atoms with van der Waals surface area (Å²) in [5.41, 5.74) is 2.42. The lowest BCUT2D eigenvalue weighted by Gasteiger charge is -2.19. The second-order valence-electron chi connectivity index (χ2n) is 4.42. The van der Waals surface area contributed by atoms with Crippen LogP contribution in [0.15, 0.2) is 24.3 Å². The van der Waals surface area contributed by atoms with Crippen LogP contribution in [0.2, 0.25) is 5.02 Å². The molecule has 0 aliphatic carbocycles. The summed E-state index contributed by atoms with van der Waals surface area (Å²) in [4.78, 5) is 0. The Balaban J connectivity index is 0.00000144. The second-order valence-corrected chi connectivity index (χ2v) is 4.82. The molecule has 1 aliphatic rings. The highest BCUT2D eigenvalue weighted by Crippen LogP contribution is 2.23. The van der Waals surface area contributed by atoms with Gasteiger partial charge in [0.2, 0.25) is 0 Å². The maximum Gasteiger partial charge on any atom is 0.0480 e. The molecule has 0 spiro atoms. The first-order valence-corrected chi connectivity index (χ1v) is 6.29. The number of benzene rings is 1. The lowest BCUT2D eigenvalue weighted by atomic mass is 9.96. The van der Waals surface area contributed by atoms with Crippen LogP contribution in [-0.2, 0) is 0 Å². The van der Waals surface area contributed by atoms with Crippen LogP contribution in [0.25, 0.3) is 6.08 Å². The van der Waals surface area contributed by atoms with Crippen molar-refractivity contribution in [3.05, 3.63) is 40.4 Å². The van der Waals surface area contributed by atoms with Crippen molar-refractivity contribution in [2.75, 3.05) is 13.1 Å². The van der Waals surface area contributed by atoms with Crippen LogP contribution in [0.1, 0.15) is 24.0 Å². The largest absolute Gasteiger partial charge is 0.317 e. The summed E-state index contributed by atoms with van der Waals surface area (Å²) in [5, 5.41) is 4.23. The summed E-state index contributed by atoms with van der Waals surface area (Å²) in [7, 11) is 0. The van der Waals surface area contributed by atoms with Crippen LogP contribution < -0.4 is 5.32 Å². The van der Waals surface area contributed by atoms with E-state index in [4.69, 9.17) is 11.6 Å². The minimum atomic E-state index is 0. The van der Waals surface area contributed by atoms with Gasteiger partial charge in [0.1, 0.15) is 0 Å². The molecule has 94 valence electrons. The molecule has 0 atom stereocenters. The van der Waals surface area contributed by atoms with Gasteiger partial charge in [-0.2, -0.15) is 0 Å². The van der Waals surface area contributed by atoms with Crippen LogP contribution in [0.5, 0.6) is 0 Å². The molecule has 1 aromatic carbocycles. The average Bonchev–Trinajstić information content (AvgIpc) is 2.30. The van der Waals surface area contributed by atoms with Gasteiger partial charge in [0.05, 0.1) is 0 Å². The zero-order valence-corrected chi connectivity index (χ0v) is 11.7. The van der Waals surface area contributed by atoms with Crippen LogP contribution in [0.4, 0.5) is 0 Å². The Labute approximate surface area is 115 Å². The van der Waals surface area contributed by atoms with E-state index in [9.17, 15) is 0 Å². The van der Waals surface area contributed by atoms with Gasteiger partial charge in [-0.25, -0.2) is 0 Å². The normalized spacial score (nSPS) is 17.1. The third-order valence-electron chi connectivity index (χ3n) is 3.19. The molecule has 0 saturated carbocycles. The zero-order chi connectivity index (χ0) is 11.4. The molecule has 0 radical (unpaired) electrons. The molecular formula is C14H19Cl2N. The summed E-state index contributed by atoms with van der Waals surface area (Å²) in [6.45, 7) is 4.38. The van der Waals surface area contributed by atoms with Gasteiger partial charge in [0.25, 0.3) is 0 Å². The first-order valence-electron chi connectivity index (χ1n) is 5.91. The molecule has 17 heavy (non-hydrogen) atoms. The van der Waals surface area contributed by atoms with Gasteiger partial charge in [-0.05, 0) is 56.0 Å². The summed E-state index contributed by atoms with van der Waals surface area (Å²) in [6.07, 6.45) is 6.97. The molecule has 0 aromatic heterocycles. The van der Waals surface area contributed by atoms with Crippen LogP contribution in [-0.4, -0.2) is 13.1 Å². The smallest absolute Gasteiger partial charge is 0.0480 e. The molecule has 1 aliphatic heterocycles. The zero-order valence-electron chi connectivity index (χ0n) is 10.1. The molecule has 0 unspecified atom stereocenters. The second kappa shape index (κ2) is 7.05. The van der Waals surface area contributed by atoms with E-state index < -0.39 is 0 Å². The van der Waals surface area contributed by atoms with E-state index in [1.165, 1.54) is 24.0 Å². The quantitative estimate of drug-likeness (QED) is 0.855. The number of halogens is 2. The van der Waals surface area contributed by atoms with Gasteiger partial charge in [0.15, 0.2) is 0 Å². The van der Waals surface area contributed by atoms with Crippen LogP contribution in [0, 0.1) is 12.8 Å². The molecule has 0 amide bonds. The third-order valence-corrected chi connectivity index (χ3v) is 3.52. The van der Waals surface area contributed by atoms with E-state index in [0.29, 0.717) is 5.92 Å². The summed E-state index contributed by atoms with van der Waals surface area (Å²) >= 11 is 6.18. The maximum absolute atomic E-state index is 6.18. The number of rotatable bonds is 2. The standard InChI is InChI=1S/C14H18ClN.ClH/c1-11-3-2-4-14(15)13(11)6-5-12-7-9-16-10-8-12;/h2-6,12,16H,7-10H2,1H3;1H/b6-5+;. The van der Waals surface area contributed by atoms with Crippen LogP contribution >= 0.6 is 24.0 Å². The van der Waals surface area contributed by atoms with Gasteiger partial charge < -0.3 is 5.32 Å². The molecule has 1 fully saturated rings. The van der Waals surface area contributed by atoms with E-state index in [1.54, 1.807) is 0 Å². The summed E-state index contributed by atoms with van der Waals surface area (Å²) < 4.78 is 0. The fraction of sp³-hybridized carbons (Fsp3) is 0.429. The molecule has 1 N–H and O–H groups in total. The van der Waals surface area contributed by atoms with E-state index in [-0.39, 0.29) is 12.4 Å². The van der Waals surface area contributed by atoms with Crippen molar-refractivity contribution in [2.45, 2.75) is 19.8 Å². The average molecular weight is 272 g/mol. The van der Waals surface area contributed by atoms with Gasteiger partial charge >= 0.3 is 0 Å². The molecule has 1 aromatic rings. The number of nitrogens with one attached hydrogen (secondary N) is 1. The first-order chi connectivity index (χ1) is 7.77. The van der Waals surface area contributed by atoms with Crippen molar-refractivity contribution < 1.29 is 0 Å². The fourth-order valence-electron chi connectivity index (χ4n) is 2.12. The van der Waals surface area contributed by atoms with E-state index in [1.807, 2.05) is 12.1 Å².